The molecule has 0 aliphatic carbocycles. The van der Waals surface area contributed by atoms with Crippen LogP contribution in [0.1, 0.15) is 6.04 Å². The Morgan fingerprint density at radius 3 is 3.07 bits per heavy atom. The maximum Gasteiger partial charge on any atom is 0.155 e. The van der Waals surface area contributed by atoms with E-state index in [4.69, 9.17) is 4.42 Å². The molecule has 0 unspecified atom stereocenters. The number of rotatable bonds is 2. The van der Waals surface area contributed by atoms with Crippen molar-refractivity contribution in [2.45, 2.75) is 6.04 Å². The average Bonchev–Trinajstić information content (AvgIpc) is 2.65. The summed E-state index contributed by atoms with van der Waals surface area (Å²) >= 11 is 0. The van der Waals surface area contributed by atoms with Crippen molar-refractivity contribution in [1.29, 1.82) is 0 Å². The van der Waals surface area contributed by atoms with Crippen molar-refractivity contribution in [3.8, 4) is 11.5 Å². The Labute approximate surface area is 80.7 Å². The molecule has 0 spiro atoms. The van der Waals surface area contributed by atoms with E-state index in [1.807, 2.05) is 23.0 Å². The van der Waals surface area contributed by atoms with Crippen LogP contribution in [0.25, 0.3) is 11.5 Å². The highest BCUT2D eigenvalue weighted by molar-refractivity contribution is 5.49. The second-order valence-electron chi connectivity index (χ2n) is 3.37. The predicted molar refractivity (Wildman–Crippen MR) is 49.6 cm³/mol. The first-order valence-electron chi connectivity index (χ1n) is 4.60. The molecule has 1 fully saturated rings. The Morgan fingerprint density at radius 2 is 2.43 bits per heavy atom. The minimum absolute atomic E-state index is 0.450. The SMILES string of the molecule is c1coc(-c2cn(C3CNC3)nn2)c1. The van der Waals surface area contributed by atoms with E-state index in [9.17, 15) is 0 Å². The van der Waals surface area contributed by atoms with Crippen LogP contribution in [-0.4, -0.2) is 28.1 Å². The molecule has 3 rings (SSSR count). The van der Waals surface area contributed by atoms with Gasteiger partial charge in [-0.05, 0) is 12.1 Å². The Bertz CT molecular complexity index is 416. The van der Waals surface area contributed by atoms with Crippen molar-refractivity contribution >= 4 is 0 Å². The zero-order valence-corrected chi connectivity index (χ0v) is 7.55. The summed E-state index contributed by atoms with van der Waals surface area (Å²) in [6, 6.07) is 4.18. The molecule has 1 saturated heterocycles. The van der Waals surface area contributed by atoms with Gasteiger partial charge in [0.2, 0.25) is 0 Å². The molecule has 3 heterocycles. The van der Waals surface area contributed by atoms with Crippen LogP contribution < -0.4 is 5.32 Å². The normalized spacial score (nSPS) is 16.9. The topological polar surface area (TPSA) is 55.9 Å². The van der Waals surface area contributed by atoms with Crippen molar-refractivity contribution in [3.63, 3.8) is 0 Å². The van der Waals surface area contributed by atoms with Crippen molar-refractivity contribution in [1.82, 2.24) is 20.3 Å². The van der Waals surface area contributed by atoms with Crippen LogP contribution >= 0.6 is 0 Å². The average molecular weight is 190 g/mol. The van der Waals surface area contributed by atoms with Gasteiger partial charge in [-0.15, -0.1) is 5.10 Å². The van der Waals surface area contributed by atoms with Gasteiger partial charge in [0.05, 0.1) is 18.5 Å². The van der Waals surface area contributed by atoms with Crippen molar-refractivity contribution in [3.05, 3.63) is 24.6 Å². The van der Waals surface area contributed by atoms with E-state index < -0.39 is 0 Å². The quantitative estimate of drug-likeness (QED) is 0.756. The molecular formula is C9H10N4O. The van der Waals surface area contributed by atoms with Gasteiger partial charge in [-0.3, -0.25) is 0 Å². The van der Waals surface area contributed by atoms with Gasteiger partial charge in [0.1, 0.15) is 5.69 Å². The molecule has 0 amide bonds. The molecule has 1 aliphatic heterocycles. The van der Waals surface area contributed by atoms with Gasteiger partial charge in [-0.2, -0.15) is 0 Å². The molecule has 0 aromatic carbocycles. The van der Waals surface area contributed by atoms with Gasteiger partial charge in [0.25, 0.3) is 0 Å². The van der Waals surface area contributed by atoms with Crippen LogP contribution in [0.5, 0.6) is 0 Å². The monoisotopic (exact) mass is 190 g/mol. The molecule has 5 nitrogen and oxygen atoms in total. The lowest BCUT2D eigenvalue weighted by Crippen LogP contribution is -2.43. The van der Waals surface area contributed by atoms with E-state index in [-0.39, 0.29) is 0 Å². The number of aromatic nitrogens is 3. The summed E-state index contributed by atoms with van der Waals surface area (Å²) in [5, 5.41) is 11.3. The van der Waals surface area contributed by atoms with E-state index in [0.717, 1.165) is 24.5 Å². The Kier molecular flexibility index (Phi) is 1.63. The summed E-state index contributed by atoms with van der Waals surface area (Å²) in [5.74, 6) is 0.767. The lowest BCUT2D eigenvalue weighted by molar-refractivity contribution is 0.313. The Hall–Kier alpha value is -1.62. The molecular weight excluding hydrogens is 180 g/mol. The zero-order valence-electron chi connectivity index (χ0n) is 7.55. The highest BCUT2D eigenvalue weighted by Gasteiger charge is 2.20. The van der Waals surface area contributed by atoms with Gasteiger partial charge in [-0.1, -0.05) is 5.21 Å². The standard InChI is InChI=1S/C9H10N4O/c1-2-9(14-3-1)8-6-13(12-11-8)7-4-10-5-7/h1-3,6-7,10H,4-5H2. The Morgan fingerprint density at radius 1 is 1.50 bits per heavy atom. The fraction of sp³-hybridized carbons (Fsp3) is 0.333. The molecule has 1 aliphatic rings. The van der Waals surface area contributed by atoms with E-state index in [2.05, 4.69) is 15.6 Å². The Balaban J connectivity index is 1.90. The first kappa shape index (κ1) is 7.75. The molecule has 5 heteroatoms. The summed E-state index contributed by atoms with van der Waals surface area (Å²) in [6.07, 6.45) is 3.56. The lowest BCUT2D eigenvalue weighted by atomic mass is 10.2. The predicted octanol–water partition coefficient (Wildman–Crippen LogP) is 0.682. The number of nitrogens with one attached hydrogen (secondary N) is 1. The number of nitrogens with zero attached hydrogens (tertiary/aromatic N) is 3. The van der Waals surface area contributed by atoms with Crippen LogP contribution in [0, 0.1) is 0 Å². The molecule has 0 bridgehead atoms. The maximum absolute atomic E-state index is 5.23. The first-order valence-corrected chi connectivity index (χ1v) is 4.60. The largest absolute Gasteiger partial charge is 0.463 e. The van der Waals surface area contributed by atoms with Crippen molar-refractivity contribution in [2.24, 2.45) is 0 Å². The van der Waals surface area contributed by atoms with Gasteiger partial charge < -0.3 is 9.73 Å². The van der Waals surface area contributed by atoms with Crippen LogP contribution in [0.15, 0.2) is 29.0 Å². The smallest absolute Gasteiger partial charge is 0.155 e. The number of hydrogen-bond donors (Lipinski definition) is 1. The van der Waals surface area contributed by atoms with Gasteiger partial charge in [0, 0.05) is 13.1 Å². The summed E-state index contributed by atoms with van der Waals surface area (Å²) in [6.45, 7) is 1.95. The molecule has 1 N–H and O–H groups in total. The molecule has 0 saturated carbocycles. The van der Waals surface area contributed by atoms with Crippen LogP contribution in [0.4, 0.5) is 0 Å². The van der Waals surface area contributed by atoms with Gasteiger partial charge in [0.15, 0.2) is 5.76 Å². The third-order valence-electron chi connectivity index (χ3n) is 2.42. The summed E-state index contributed by atoms with van der Waals surface area (Å²) in [5.41, 5.74) is 0.793. The fourth-order valence-corrected chi connectivity index (χ4v) is 1.45. The summed E-state index contributed by atoms with van der Waals surface area (Å²) in [7, 11) is 0. The van der Waals surface area contributed by atoms with E-state index in [1.165, 1.54) is 0 Å². The van der Waals surface area contributed by atoms with Crippen LogP contribution in [0.2, 0.25) is 0 Å². The third kappa shape index (κ3) is 1.13. The molecule has 72 valence electrons. The number of hydrogen-bond acceptors (Lipinski definition) is 4. The highest BCUT2D eigenvalue weighted by Crippen LogP contribution is 2.18. The zero-order chi connectivity index (χ0) is 9.38. The van der Waals surface area contributed by atoms with Crippen molar-refractivity contribution in [2.75, 3.05) is 13.1 Å². The third-order valence-corrected chi connectivity index (χ3v) is 2.42. The van der Waals surface area contributed by atoms with Gasteiger partial charge in [-0.25, -0.2) is 4.68 Å². The van der Waals surface area contributed by atoms with Crippen molar-refractivity contribution < 1.29 is 4.42 Å². The van der Waals surface area contributed by atoms with E-state index in [1.54, 1.807) is 6.26 Å². The molecule has 14 heavy (non-hydrogen) atoms. The molecule has 0 radical (unpaired) electrons. The fourth-order valence-electron chi connectivity index (χ4n) is 1.45. The maximum atomic E-state index is 5.23. The second-order valence-corrected chi connectivity index (χ2v) is 3.37. The summed E-state index contributed by atoms with van der Waals surface area (Å²) in [4.78, 5) is 0. The second kappa shape index (κ2) is 2.95. The minimum Gasteiger partial charge on any atom is -0.463 e. The minimum atomic E-state index is 0.450. The van der Waals surface area contributed by atoms with E-state index in [0.29, 0.717) is 6.04 Å². The molecule has 2 aromatic heterocycles. The summed E-state index contributed by atoms with van der Waals surface area (Å²) < 4.78 is 7.12. The van der Waals surface area contributed by atoms with Crippen LogP contribution in [-0.2, 0) is 0 Å². The lowest BCUT2D eigenvalue weighted by Gasteiger charge is -2.26. The highest BCUT2D eigenvalue weighted by atomic mass is 16.3. The van der Waals surface area contributed by atoms with E-state index >= 15 is 0 Å². The molecule has 2 aromatic rings. The first-order chi connectivity index (χ1) is 6.93. The number of furan rings is 1. The van der Waals surface area contributed by atoms with Crippen LogP contribution in [0.3, 0.4) is 0 Å². The molecule has 0 atom stereocenters. The van der Waals surface area contributed by atoms with Gasteiger partial charge >= 0.3 is 0 Å².